The monoisotopic (exact) mass is 400 g/mol. The van der Waals surface area contributed by atoms with Gasteiger partial charge in [-0.3, -0.25) is 9.48 Å². The SMILES string of the molecule is O=C(Nc1cnn(Cc2ccccc2)c1)c1cnn2c(-c3cccs3)ccnc12. The Bertz CT molecular complexity index is 1270. The molecule has 0 spiro atoms. The third-order valence-electron chi connectivity index (χ3n) is 4.50. The normalized spacial score (nSPS) is 11.0. The predicted molar refractivity (Wildman–Crippen MR) is 112 cm³/mol. The Morgan fingerprint density at radius 1 is 1.03 bits per heavy atom. The van der Waals surface area contributed by atoms with Gasteiger partial charge in [-0.25, -0.2) is 9.50 Å². The number of aromatic nitrogens is 5. The summed E-state index contributed by atoms with van der Waals surface area (Å²) in [6, 6.07) is 15.9. The molecular weight excluding hydrogens is 384 g/mol. The van der Waals surface area contributed by atoms with Crippen LogP contribution in [0.3, 0.4) is 0 Å². The Labute approximate surface area is 170 Å². The third kappa shape index (κ3) is 3.41. The van der Waals surface area contributed by atoms with E-state index in [1.54, 1.807) is 45.3 Å². The van der Waals surface area contributed by atoms with Crippen LogP contribution in [-0.4, -0.2) is 30.3 Å². The molecule has 0 saturated heterocycles. The molecule has 0 aliphatic heterocycles. The number of benzene rings is 1. The van der Waals surface area contributed by atoms with E-state index in [1.165, 1.54) is 0 Å². The fourth-order valence-electron chi connectivity index (χ4n) is 3.15. The topological polar surface area (TPSA) is 77.1 Å². The first-order valence-electron chi connectivity index (χ1n) is 9.02. The molecule has 5 aromatic rings. The molecule has 4 heterocycles. The van der Waals surface area contributed by atoms with Gasteiger partial charge in [-0.15, -0.1) is 11.3 Å². The van der Waals surface area contributed by atoms with Gasteiger partial charge in [0.05, 0.1) is 35.2 Å². The van der Waals surface area contributed by atoms with Crippen molar-refractivity contribution in [3.8, 4) is 10.6 Å². The van der Waals surface area contributed by atoms with Gasteiger partial charge >= 0.3 is 0 Å². The molecule has 0 atom stereocenters. The van der Waals surface area contributed by atoms with Crippen LogP contribution in [0.15, 0.2) is 78.7 Å². The third-order valence-corrected chi connectivity index (χ3v) is 5.39. The Hall–Kier alpha value is -3.78. The average molecular weight is 400 g/mol. The van der Waals surface area contributed by atoms with E-state index in [9.17, 15) is 4.79 Å². The fourth-order valence-corrected chi connectivity index (χ4v) is 3.88. The molecule has 0 fully saturated rings. The van der Waals surface area contributed by atoms with Crippen LogP contribution in [0.5, 0.6) is 0 Å². The fraction of sp³-hybridized carbons (Fsp3) is 0.0476. The molecule has 7 nitrogen and oxygen atoms in total. The van der Waals surface area contributed by atoms with Crippen LogP contribution in [-0.2, 0) is 6.54 Å². The van der Waals surface area contributed by atoms with E-state index in [0.29, 0.717) is 23.4 Å². The number of hydrogen-bond donors (Lipinski definition) is 1. The summed E-state index contributed by atoms with van der Waals surface area (Å²) in [7, 11) is 0. The van der Waals surface area contributed by atoms with Crippen molar-refractivity contribution in [3.63, 3.8) is 0 Å². The second kappa shape index (κ2) is 7.33. The van der Waals surface area contributed by atoms with E-state index in [0.717, 1.165) is 16.1 Å². The quantitative estimate of drug-likeness (QED) is 0.485. The van der Waals surface area contributed by atoms with E-state index in [4.69, 9.17) is 0 Å². The minimum Gasteiger partial charge on any atom is -0.319 e. The lowest BCUT2D eigenvalue weighted by Gasteiger charge is -2.03. The number of thiophene rings is 1. The molecule has 4 aromatic heterocycles. The lowest BCUT2D eigenvalue weighted by molar-refractivity contribution is 0.102. The smallest absolute Gasteiger partial charge is 0.261 e. The zero-order valence-electron chi connectivity index (χ0n) is 15.3. The van der Waals surface area contributed by atoms with E-state index in [-0.39, 0.29) is 5.91 Å². The molecule has 0 aliphatic carbocycles. The van der Waals surface area contributed by atoms with Crippen molar-refractivity contribution < 1.29 is 4.79 Å². The van der Waals surface area contributed by atoms with Crippen molar-refractivity contribution in [2.45, 2.75) is 6.54 Å². The molecule has 0 saturated carbocycles. The minimum absolute atomic E-state index is 0.268. The summed E-state index contributed by atoms with van der Waals surface area (Å²) in [5.41, 5.74) is 3.60. The van der Waals surface area contributed by atoms with Crippen LogP contribution >= 0.6 is 11.3 Å². The number of hydrogen-bond acceptors (Lipinski definition) is 5. The van der Waals surface area contributed by atoms with Crippen molar-refractivity contribution in [1.82, 2.24) is 24.4 Å². The standard InChI is InChI=1S/C21H16N6OS/c28-21(25-16-11-23-26(14-16)13-15-5-2-1-3-6-15)17-12-24-27-18(8-9-22-20(17)27)19-7-4-10-29-19/h1-12,14H,13H2,(H,25,28). The Morgan fingerprint density at radius 2 is 1.93 bits per heavy atom. The van der Waals surface area contributed by atoms with E-state index in [1.807, 2.05) is 53.9 Å². The molecule has 142 valence electrons. The number of amides is 1. The van der Waals surface area contributed by atoms with Gasteiger partial charge in [0, 0.05) is 12.4 Å². The molecule has 8 heteroatoms. The highest BCUT2D eigenvalue weighted by atomic mass is 32.1. The molecule has 1 aromatic carbocycles. The maximum absolute atomic E-state index is 12.8. The van der Waals surface area contributed by atoms with Gasteiger partial charge in [0.15, 0.2) is 5.65 Å². The minimum atomic E-state index is -0.268. The van der Waals surface area contributed by atoms with Gasteiger partial charge in [0.25, 0.3) is 5.91 Å². The number of rotatable bonds is 5. The Balaban J connectivity index is 1.38. The summed E-state index contributed by atoms with van der Waals surface area (Å²) < 4.78 is 3.48. The molecule has 5 rings (SSSR count). The Kier molecular flexibility index (Phi) is 4.38. The second-order valence-electron chi connectivity index (χ2n) is 6.47. The van der Waals surface area contributed by atoms with Gasteiger partial charge in [0.2, 0.25) is 0 Å². The molecule has 0 radical (unpaired) electrons. The van der Waals surface area contributed by atoms with Gasteiger partial charge in [-0.05, 0) is 23.1 Å². The maximum Gasteiger partial charge on any atom is 0.261 e. The molecule has 29 heavy (non-hydrogen) atoms. The van der Waals surface area contributed by atoms with Crippen molar-refractivity contribution in [2.24, 2.45) is 0 Å². The molecule has 1 amide bonds. The number of nitrogens with zero attached hydrogens (tertiary/aromatic N) is 5. The van der Waals surface area contributed by atoms with Crippen LogP contribution < -0.4 is 5.32 Å². The van der Waals surface area contributed by atoms with Gasteiger partial charge < -0.3 is 5.32 Å². The molecule has 0 unspecified atom stereocenters. The second-order valence-corrected chi connectivity index (χ2v) is 7.42. The van der Waals surface area contributed by atoms with Crippen molar-refractivity contribution in [3.05, 3.63) is 89.8 Å². The van der Waals surface area contributed by atoms with E-state index < -0.39 is 0 Å². The first-order valence-corrected chi connectivity index (χ1v) is 9.90. The van der Waals surface area contributed by atoms with Gasteiger partial charge in [0.1, 0.15) is 5.56 Å². The molecule has 0 bridgehead atoms. The molecule has 1 N–H and O–H groups in total. The summed E-state index contributed by atoms with van der Waals surface area (Å²) >= 11 is 1.61. The zero-order chi connectivity index (χ0) is 19.6. The summed E-state index contributed by atoms with van der Waals surface area (Å²) in [6.45, 7) is 0.638. The first-order chi connectivity index (χ1) is 14.3. The summed E-state index contributed by atoms with van der Waals surface area (Å²) in [6.07, 6.45) is 6.68. The number of carbonyl (C=O) groups excluding carboxylic acids is 1. The van der Waals surface area contributed by atoms with Crippen LogP contribution in [0.25, 0.3) is 16.2 Å². The molecular formula is C21H16N6OS. The maximum atomic E-state index is 12.8. The van der Waals surface area contributed by atoms with Crippen molar-refractivity contribution >= 4 is 28.6 Å². The van der Waals surface area contributed by atoms with Crippen LogP contribution in [0.2, 0.25) is 0 Å². The van der Waals surface area contributed by atoms with Crippen molar-refractivity contribution in [2.75, 3.05) is 5.32 Å². The largest absolute Gasteiger partial charge is 0.319 e. The van der Waals surface area contributed by atoms with Gasteiger partial charge in [-0.2, -0.15) is 10.2 Å². The lowest BCUT2D eigenvalue weighted by Crippen LogP contribution is -2.11. The highest BCUT2D eigenvalue weighted by Crippen LogP contribution is 2.25. The van der Waals surface area contributed by atoms with Crippen molar-refractivity contribution in [1.29, 1.82) is 0 Å². The van der Waals surface area contributed by atoms with Gasteiger partial charge in [-0.1, -0.05) is 36.4 Å². The lowest BCUT2D eigenvalue weighted by atomic mass is 10.2. The van der Waals surface area contributed by atoms with E-state index >= 15 is 0 Å². The number of nitrogens with one attached hydrogen (secondary N) is 1. The highest BCUT2D eigenvalue weighted by Gasteiger charge is 2.17. The predicted octanol–water partition coefficient (Wildman–Crippen LogP) is 3.95. The Morgan fingerprint density at radius 3 is 2.76 bits per heavy atom. The van der Waals surface area contributed by atoms with Crippen LogP contribution in [0, 0.1) is 0 Å². The summed E-state index contributed by atoms with van der Waals surface area (Å²) in [4.78, 5) is 18.2. The van der Waals surface area contributed by atoms with Crippen LogP contribution in [0.1, 0.15) is 15.9 Å². The zero-order valence-corrected chi connectivity index (χ0v) is 16.1. The molecule has 0 aliphatic rings. The average Bonchev–Trinajstić information content (AvgIpc) is 3.49. The summed E-state index contributed by atoms with van der Waals surface area (Å²) in [5.74, 6) is -0.268. The summed E-state index contributed by atoms with van der Waals surface area (Å²) in [5, 5.41) is 13.6. The highest BCUT2D eigenvalue weighted by molar-refractivity contribution is 7.13. The van der Waals surface area contributed by atoms with Crippen LogP contribution in [0.4, 0.5) is 5.69 Å². The number of carbonyl (C=O) groups is 1. The first kappa shape index (κ1) is 17.3. The van der Waals surface area contributed by atoms with E-state index in [2.05, 4.69) is 20.5 Å². The number of anilines is 1. The number of fused-ring (bicyclic) bond motifs is 1.